The molecule has 0 radical (unpaired) electrons. The highest BCUT2D eigenvalue weighted by Gasteiger charge is 2.06. The second-order valence-corrected chi connectivity index (χ2v) is 4.41. The zero-order valence-electron chi connectivity index (χ0n) is 9.82. The third-order valence-corrected chi connectivity index (χ3v) is 2.70. The zero-order valence-corrected chi connectivity index (χ0v) is 11.3. The molecule has 1 aromatic heterocycles. The summed E-state index contributed by atoms with van der Waals surface area (Å²) in [6.07, 6.45) is 2.05. The van der Waals surface area contributed by atoms with Crippen molar-refractivity contribution < 1.29 is 0 Å². The summed E-state index contributed by atoms with van der Waals surface area (Å²) in [6, 6.07) is 7.99. The fourth-order valence-electron chi connectivity index (χ4n) is 1.63. The number of hydrogen-bond acceptors (Lipinski definition) is 4. The third-order valence-electron chi connectivity index (χ3n) is 2.36. The molecule has 0 aliphatic rings. The number of benzene rings is 1. The number of aromatic nitrogens is 3. The van der Waals surface area contributed by atoms with E-state index in [2.05, 4.69) is 33.3 Å². The van der Waals surface area contributed by atoms with Crippen LogP contribution in [0.3, 0.4) is 0 Å². The molecule has 1 N–H and O–H groups in total. The lowest BCUT2D eigenvalue weighted by Gasteiger charge is -2.10. The summed E-state index contributed by atoms with van der Waals surface area (Å²) >= 11 is 11.5. The largest absolute Gasteiger partial charge is 0.324 e. The van der Waals surface area contributed by atoms with Gasteiger partial charge in [-0.1, -0.05) is 31.5 Å². The Morgan fingerprint density at radius 3 is 2.39 bits per heavy atom. The van der Waals surface area contributed by atoms with Crippen LogP contribution in [0.5, 0.6) is 0 Å². The molecule has 0 atom stereocenters. The minimum absolute atomic E-state index is 0.0745. The Kier molecular flexibility index (Phi) is 4.33. The van der Waals surface area contributed by atoms with Gasteiger partial charge in [-0.3, -0.25) is 0 Å². The number of nitrogens with one attached hydrogen (secondary N) is 1. The molecule has 0 bridgehead atoms. The third kappa shape index (κ3) is 3.31. The van der Waals surface area contributed by atoms with Gasteiger partial charge in [-0.05, 0) is 41.3 Å². The molecule has 2 rings (SSSR count). The molecule has 0 amide bonds. The van der Waals surface area contributed by atoms with E-state index in [1.54, 1.807) is 0 Å². The molecule has 6 heteroatoms. The van der Waals surface area contributed by atoms with Gasteiger partial charge in [0.15, 0.2) is 0 Å². The highest BCUT2D eigenvalue weighted by molar-refractivity contribution is 6.31. The van der Waals surface area contributed by atoms with Crippen LogP contribution >= 0.6 is 23.2 Å². The lowest BCUT2D eigenvalue weighted by molar-refractivity contribution is 0.922. The van der Waals surface area contributed by atoms with Crippen molar-refractivity contribution in [2.24, 2.45) is 0 Å². The maximum atomic E-state index is 5.73. The maximum Gasteiger partial charge on any atom is 0.232 e. The molecule has 0 aliphatic carbocycles. The van der Waals surface area contributed by atoms with E-state index in [1.165, 1.54) is 5.56 Å². The molecule has 18 heavy (non-hydrogen) atoms. The normalized spacial score (nSPS) is 10.4. The summed E-state index contributed by atoms with van der Waals surface area (Å²) in [5.74, 6) is 0.351. The van der Waals surface area contributed by atoms with Crippen LogP contribution in [0.15, 0.2) is 24.3 Å². The smallest absolute Gasteiger partial charge is 0.232 e. The van der Waals surface area contributed by atoms with Crippen LogP contribution in [0.1, 0.15) is 18.9 Å². The molecule has 1 aromatic carbocycles. The zero-order chi connectivity index (χ0) is 13.0. The van der Waals surface area contributed by atoms with Gasteiger partial charge in [-0.25, -0.2) is 0 Å². The van der Waals surface area contributed by atoms with Crippen molar-refractivity contribution in [2.75, 3.05) is 5.32 Å². The summed E-state index contributed by atoms with van der Waals surface area (Å²) in [5.41, 5.74) is 2.16. The number of aryl methyl sites for hydroxylation is 1. The lowest BCUT2D eigenvalue weighted by Crippen LogP contribution is -2.01. The van der Waals surface area contributed by atoms with Crippen LogP contribution < -0.4 is 5.32 Å². The van der Waals surface area contributed by atoms with Crippen molar-refractivity contribution in [2.45, 2.75) is 19.8 Å². The highest BCUT2D eigenvalue weighted by atomic mass is 35.5. The van der Waals surface area contributed by atoms with Gasteiger partial charge in [-0.2, -0.15) is 15.0 Å². The van der Waals surface area contributed by atoms with Gasteiger partial charge in [0.05, 0.1) is 0 Å². The number of rotatable bonds is 4. The van der Waals surface area contributed by atoms with Crippen LogP contribution in [0.2, 0.25) is 10.6 Å². The highest BCUT2D eigenvalue weighted by Crippen LogP contribution is 2.21. The maximum absolute atomic E-state index is 5.73. The van der Waals surface area contributed by atoms with Crippen LogP contribution in [0.25, 0.3) is 0 Å². The predicted octanol–water partition coefficient (Wildman–Crippen LogP) is 3.87. The molecule has 4 nitrogen and oxygen atoms in total. The fourth-order valence-corrected chi connectivity index (χ4v) is 2.00. The van der Waals surface area contributed by atoms with Gasteiger partial charge in [0.2, 0.25) is 16.5 Å². The first-order valence-electron chi connectivity index (χ1n) is 5.61. The first-order valence-corrected chi connectivity index (χ1v) is 6.36. The Morgan fingerprint density at radius 1 is 1.06 bits per heavy atom. The molecule has 2 aromatic rings. The number of nitrogens with zero attached hydrogens (tertiary/aromatic N) is 3. The molecule has 0 saturated carbocycles. The standard InChI is InChI=1S/C12H12Cl2N4/c1-2-5-8-6-3-4-7-9(8)15-12-17-10(13)16-11(14)18-12/h3-4,6-7H,2,5H2,1H3,(H,15,16,17,18). The van der Waals surface area contributed by atoms with E-state index in [0.717, 1.165) is 18.5 Å². The summed E-state index contributed by atoms with van der Waals surface area (Å²) in [6.45, 7) is 2.13. The van der Waals surface area contributed by atoms with Crippen LogP contribution in [0.4, 0.5) is 11.6 Å². The van der Waals surface area contributed by atoms with Crippen molar-refractivity contribution in [3.05, 3.63) is 40.4 Å². The Balaban J connectivity index is 2.27. The van der Waals surface area contributed by atoms with Crippen LogP contribution in [-0.4, -0.2) is 15.0 Å². The van der Waals surface area contributed by atoms with Crippen molar-refractivity contribution in [3.63, 3.8) is 0 Å². The molecule has 0 unspecified atom stereocenters. The van der Waals surface area contributed by atoms with E-state index >= 15 is 0 Å². The number of hydrogen-bond donors (Lipinski definition) is 1. The van der Waals surface area contributed by atoms with Gasteiger partial charge >= 0.3 is 0 Å². The molecular weight excluding hydrogens is 271 g/mol. The van der Waals surface area contributed by atoms with E-state index in [-0.39, 0.29) is 10.6 Å². The average Bonchev–Trinajstić information content (AvgIpc) is 2.30. The first kappa shape index (κ1) is 13.1. The Labute approximate surface area is 115 Å². The molecule has 94 valence electrons. The SMILES string of the molecule is CCCc1ccccc1Nc1nc(Cl)nc(Cl)n1. The van der Waals surface area contributed by atoms with Gasteiger partial charge in [0.25, 0.3) is 0 Å². The van der Waals surface area contributed by atoms with Gasteiger partial charge in [0.1, 0.15) is 0 Å². The molecule has 0 aliphatic heterocycles. The molecule has 0 fully saturated rings. The van der Waals surface area contributed by atoms with E-state index < -0.39 is 0 Å². The Morgan fingerprint density at radius 2 is 1.72 bits per heavy atom. The summed E-state index contributed by atoms with van der Waals surface area (Å²) < 4.78 is 0. The number of para-hydroxylation sites is 1. The Hall–Kier alpha value is -1.39. The van der Waals surface area contributed by atoms with Crippen LogP contribution in [0, 0.1) is 0 Å². The molecule has 0 spiro atoms. The van der Waals surface area contributed by atoms with Gasteiger partial charge < -0.3 is 5.32 Å². The van der Waals surface area contributed by atoms with E-state index in [1.807, 2.05) is 18.2 Å². The van der Waals surface area contributed by atoms with Gasteiger partial charge in [0, 0.05) is 5.69 Å². The van der Waals surface area contributed by atoms with Crippen LogP contribution in [-0.2, 0) is 6.42 Å². The summed E-state index contributed by atoms with van der Waals surface area (Å²) in [5, 5.41) is 3.26. The van der Waals surface area contributed by atoms with E-state index in [0.29, 0.717) is 5.95 Å². The van der Waals surface area contributed by atoms with Crippen molar-refractivity contribution in [1.29, 1.82) is 0 Å². The van der Waals surface area contributed by atoms with E-state index in [4.69, 9.17) is 23.2 Å². The summed E-state index contributed by atoms with van der Waals surface area (Å²) in [4.78, 5) is 11.7. The van der Waals surface area contributed by atoms with Crippen molar-refractivity contribution in [3.8, 4) is 0 Å². The lowest BCUT2D eigenvalue weighted by atomic mass is 10.1. The quantitative estimate of drug-likeness (QED) is 0.925. The van der Waals surface area contributed by atoms with E-state index in [9.17, 15) is 0 Å². The number of halogens is 2. The first-order chi connectivity index (χ1) is 8.69. The monoisotopic (exact) mass is 282 g/mol. The van der Waals surface area contributed by atoms with Crippen molar-refractivity contribution in [1.82, 2.24) is 15.0 Å². The summed E-state index contributed by atoms with van der Waals surface area (Å²) in [7, 11) is 0. The molecule has 1 heterocycles. The number of anilines is 2. The van der Waals surface area contributed by atoms with Gasteiger partial charge in [-0.15, -0.1) is 0 Å². The molecule has 0 saturated heterocycles. The topological polar surface area (TPSA) is 50.7 Å². The minimum atomic E-state index is 0.0745. The second-order valence-electron chi connectivity index (χ2n) is 3.73. The fraction of sp³-hybridized carbons (Fsp3) is 0.250. The second kappa shape index (κ2) is 5.98. The van der Waals surface area contributed by atoms with Crippen molar-refractivity contribution >= 4 is 34.8 Å². The Bertz CT molecular complexity index is 525. The minimum Gasteiger partial charge on any atom is -0.324 e. The average molecular weight is 283 g/mol. The predicted molar refractivity (Wildman–Crippen MR) is 73.6 cm³/mol. The molecular formula is C12H12Cl2N4.